The van der Waals surface area contributed by atoms with Crippen LogP contribution in [0.2, 0.25) is 0 Å². The zero-order valence-corrected chi connectivity index (χ0v) is 13.6. The summed E-state index contributed by atoms with van der Waals surface area (Å²) < 4.78 is 5.77. The fourth-order valence-electron chi connectivity index (χ4n) is 1.94. The van der Waals surface area contributed by atoms with Crippen molar-refractivity contribution in [2.45, 2.75) is 26.7 Å². The molecule has 118 valence electrons. The SMILES string of the molecule is Cc1ccc(OCCCc2nnc(NC(=O)CN)s2)c(C)c1. The fraction of sp³-hybridized carbons (Fsp3) is 0.400. The van der Waals surface area contributed by atoms with Gasteiger partial charge in [0, 0.05) is 6.42 Å². The summed E-state index contributed by atoms with van der Waals surface area (Å²) in [5.41, 5.74) is 7.60. The van der Waals surface area contributed by atoms with Crippen LogP contribution in [0.3, 0.4) is 0 Å². The number of rotatable bonds is 7. The second kappa shape index (κ2) is 7.86. The highest BCUT2D eigenvalue weighted by Gasteiger charge is 2.07. The van der Waals surface area contributed by atoms with Crippen molar-refractivity contribution >= 4 is 22.4 Å². The molecule has 6 nitrogen and oxygen atoms in total. The molecule has 0 atom stereocenters. The van der Waals surface area contributed by atoms with E-state index in [9.17, 15) is 4.79 Å². The molecule has 3 N–H and O–H groups in total. The lowest BCUT2D eigenvalue weighted by Crippen LogP contribution is -2.21. The van der Waals surface area contributed by atoms with Crippen molar-refractivity contribution in [1.29, 1.82) is 0 Å². The summed E-state index contributed by atoms with van der Waals surface area (Å²) in [5.74, 6) is 0.652. The van der Waals surface area contributed by atoms with Gasteiger partial charge in [0.05, 0.1) is 13.2 Å². The van der Waals surface area contributed by atoms with Gasteiger partial charge in [-0.05, 0) is 31.9 Å². The van der Waals surface area contributed by atoms with Gasteiger partial charge in [0.25, 0.3) is 0 Å². The molecule has 0 saturated heterocycles. The van der Waals surface area contributed by atoms with E-state index in [1.54, 1.807) is 0 Å². The molecule has 1 aromatic carbocycles. The zero-order valence-electron chi connectivity index (χ0n) is 12.8. The monoisotopic (exact) mass is 320 g/mol. The topological polar surface area (TPSA) is 90.1 Å². The van der Waals surface area contributed by atoms with E-state index < -0.39 is 0 Å². The van der Waals surface area contributed by atoms with Crippen LogP contribution in [0.5, 0.6) is 5.75 Å². The summed E-state index contributed by atoms with van der Waals surface area (Å²) in [7, 11) is 0. The summed E-state index contributed by atoms with van der Waals surface area (Å²) in [4.78, 5) is 11.1. The molecule has 0 aliphatic rings. The summed E-state index contributed by atoms with van der Waals surface area (Å²) in [6.07, 6.45) is 1.61. The third-order valence-corrected chi connectivity index (χ3v) is 3.92. The van der Waals surface area contributed by atoms with Crippen LogP contribution in [0.25, 0.3) is 0 Å². The van der Waals surface area contributed by atoms with E-state index in [-0.39, 0.29) is 12.5 Å². The molecule has 0 radical (unpaired) electrons. The lowest BCUT2D eigenvalue weighted by molar-refractivity contribution is -0.114. The number of benzene rings is 1. The van der Waals surface area contributed by atoms with Gasteiger partial charge >= 0.3 is 0 Å². The summed E-state index contributed by atoms with van der Waals surface area (Å²) in [6.45, 7) is 4.67. The first-order valence-corrected chi connectivity index (χ1v) is 7.92. The Bertz CT molecular complexity index is 642. The van der Waals surface area contributed by atoms with Gasteiger partial charge in [-0.3, -0.25) is 10.1 Å². The van der Waals surface area contributed by atoms with Crippen LogP contribution in [-0.4, -0.2) is 29.3 Å². The summed E-state index contributed by atoms with van der Waals surface area (Å²) >= 11 is 1.36. The lowest BCUT2D eigenvalue weighted by Gasteiger charge is -2.09. The van der Waals surface area contributed by atoms with Crippen molar-refractivity contribution < 1.29 is 9.53 Å². The first-order valence-electron chi connectivity index (χ1n) is 7.11. The molecule has 2 aromatic rings. The van der Waals surface area contributed by atoms with Gasteiger partial charge in [-0.1, -0.05) is 29.0 Å². The normalized spacial score (nSPS) is 10.5. The van der Waals surface area contributed by atoms with Gasteiger partial charge in [0.2, 0.25) is 11.0 Å². The minimum Gasteiger partial charge on any atom is -0.493 e. The van der Waals surface area contributed by atoms with E-state index in [2.05, 4.69) is 28.5 Å². The van der Waals surface area contributed by atoms with E-state index in [0.717, 1.165) is 29.2 Å². The van der Waals surface area contributed by atoms with E-state index in [0.29, 0.717) is 11.7 Å². The van der Waals surface area contributed by atoms with E-state index in [4.69, 9.17) is 10.5 Å². The summed E-state index contributed by atoms with van der Waals surface area (Å²) in [6, 6.07) is 6.14. The molecule has 1 aromatic heterocycles. The van der Waals surface area contributed by atoms with E-state index >= 15 is 0 Å². The number of amides is 1. The van der Waals surface area contributed by atoms with E-state index in [1.807, 2.05) is 19.1 Å². The van der Waals surface area contributed by atoms with Crippen LogP contribution in [-0.2, 0) is 11.2 Å². The first-order chi connectivity index (χ1) is 10.6. The van der Waals surface area contributed by atoms with Crippen molar-refractivity contribution in [3.63, 3.8) is 0 Å². The van der Waals surface area contributed by atoms with Crippen molar-refractivity contribution in [3.05, 3.63) is 34.3 Å². The maximum Gasteiger partial charge on any atom is 0.239 e. The van der Waals surface area contributed by atoms with Crippen LogP contribution in [0.4, 0.5) is 5.13 Å². The number of nitrogens with two attached hydrogens (primary N) is 1. The lowest BCUT2D eigenvalue weighted by atomic mass is 10.1. The second-order valence-electron chi connectivity index (χ2n) is 4.97. The smallest absolute Gasteiger partial charge is 0.239 e. The molecule has 1 heterocycles. The number of hydrogen-bond acceptors (Lipinski definition) is 6. The molecule has 7 heteroatoms. The number of carbonyl (C=O) groups excluding carboxylic acids is 1. The highest BCUT2D eigenvalue weighted by Crippen LogP contribution is 2.20. The minimum atomic E-state index is -0.263. The highest BCUT2D eigenvalue weighted by molar-refractivity contribution is 7.15. The Hall–Kier alpha value is -1.99. The molecule has 22 heavy (non-hydrogen) atoms. The third kappa shape index (κ3) is 4.78. The maximum absolute atomic E-state index is 11.1. The predicted molar refractivity (Wildman–Crippen MR) is 87.3 cm³/mol. The Morgan fingerprint density at radius 3 is 2.91 bits per heavy atom. The van der Waals surface area contributed by atoms with Gasteiger partial charge < -0.3 is 10.5 Å². The first kappa shape index (κ1) is 16.4. The molecular weight excluding hydrogens is 300 g/mol. The Kier molecular flexibility index (Phi) is 5.85. The number of carbonyl (C=O) groups is 1. The largest absolute Gasteiger partial charge is 0.493 e. The molecule has 0 unspecified atom stereocenters. The Morgan fingerprint density at radius 2 is 2.18 bits per heavy atom. The second-order valence-corrected chi connectivity index (χ2v) is 6.04. The number of aromatic nitrogens is 2. The average Bonchev–Trinajstić information content (AvgIpc) is 2.92. The number of anilines is 1. The van der Waals surface area contributed by atoms with Gasteiger partial charge in [0.15, 0.2) is 0 Å². The van der Waals surface area contributed by atoms with Crippen LogP contribution in [0, 0.1) is 13.8 Å². The molecular formula is C15H20N4O2S. The molecule has 0 saturated carbocycles. The van der Waals surface area contributed by atoms with Crippen LogP contribution >= 0.6 is 11.3 Å². The summed E-state index contributed by atoms with van der Waals surface area (Å²) in [5, 5.41) is 11.9. The molecule has 0 aliphatic heterocycles. The number of nitrogens with one attached hydrogen (secondary N) is 1. The van der Waals surface area contributed by atoms with Gasteiger partial charge in [-0.25, -0.2) is 0 Å². The maximum atomic E-state index is 11.1. The average molecular weight is 320 g/mol. The molecule has 0 bridgehead atoms. The molecule has 0 aliphatic carbocycles. The van der Waals surface area contributed by atoms with Crippen molar-refractivity contribution in [1.82, 2.24) is 10.2 Å². The van der Waals surface area contributed by atoms with Gasteiger partial charge in [-0.2, -0.15) is 0 Å². The van der Waals surface area contributed by atoms with E-state index in [1.165, 1.54) is 16.9 Å². The Balaban J connectivity index is 1.76. The Labute approximate surface area is 133 Å². The Morgan fingerprint density at radius 1 is 1.36 bits per heavy atom. The molecule has 0 spiro atoms. The fourth-order valence-corrected chi connectivity index (χ4v) is 2.74. The number of ether oxygens (including phenoxy) is 1. The van der Waals surface area contributed by atoms with Gasteiger partial charge in [0.1, 0.15) is 10.8 Å². The minimum absolute atomic E-state index is 0.0569. The zero-order chi connectivity index (χ0) is 15.9. The quantitative estimate of drug-likeness (QED) is 0.762. The van der Waals surface area contributed by atoms with Gasteiger partial charge in [-0.15, -0.1) is 10.2 Å². The van der Waals surface area contributed by atoms with Crippen LogP contribution < -0.4 is 15.8 Å². The van der Waals surface area contributed by atoms with Crippen LogP contribution in [0.15, 0.2) is 18.2 Å². The number of aryl methyl sites for hydroxylation is 3. The standard InChI is InChI=1S/C15H20N4O2S/c1-10-5-6-12(11(2)8-10)21-7-3-4-14-18-19-15(22-14)17-13(20)9-16/h5-6,8H,3-4,7,9,16H2,1-2H3,(H,17,19,20). The molecule has 0 fully saturated rings. The third-order valence-electron chi connectivity index (χ3n) is 3.02. The van der Waals surface area contributed by atoms with Crippen LogP contribution in [0.1, 0.15) is 22.6 Å². The molecule has 2 rings (SSSR count). The van der Waals surface area contributed by atoms with Crippen molar-refractivity contribution in [3.8, 4) is 5.75 Å². The number of hydrogen-bond donors (Lipinski definition) is 2. The highest BCUT2D eigenvalue weighted by atomic mass is 32.1. The predicted octanol–water partition coefficient (Wildman–Crippen LogP) is 2.06. The number of nitrogens with zero attached hydrogens (tertiary/aromatic N) is 2. The molecule has 1 amide bonds. The van der Waals surface area contributed by atoms with Crippen molar-refractivity contribution in [2.24, 2.45) is 5.73 Å². The van der Waals surface area contributed by atoms with Crippen molar-refractivity contribution in [2.75, 3.05) is 18.5 Å².